The Kier molecular flexibility index (Phi) is 2.40. The lowest BCUT2D eigenvalue weighted by Crippen LogP contribution is -2.77. The minimum absolute atomic E-state index is 1.92. The van der Waals surface area contributed by atoms with Gasteiger partial charge >= 0.3 is 32.5 Å². The summed E-state index contributed by atoms with van der Waals surface area (Å²) >= 11 is 0. The summed E-state index contributed by atoms with van der Waals surface area (Å²) in [5.41, 5.74) is -6.62. The van der Waals surface area contributed by atoms with Gasteiger partial charge in [-0.05, 0) is 0 Å². The van der Waals surface area contributed by atoms with E-state index in [0.717, 1.165) is 0 Å². The van der Waals surface area contributed by atoms with Crippen molar-refractivity contribution in [3.05, 3.63) is 0 Å². The molecule has 1 aliphatic rings. The molecule has 0 aromatic rings. The smallest absolute Gasteiger partial charge is 0.299 e. The van der Waals surface area contributed by atoms with Crippen molar-refractivity contribution >= 4 is 8.99 Å². The summed E-state index contributed by atoms with van der Waals surface area (Å²) in [7, 11) is -7.99. The van der Waals surface area contributed by atoms with Gasteiger partial charge in [-0.25, -0.2) is 8.22 Å². The van der Waals surface area contributed by atoms with Gasteiger partial charge in [0, 0.05) is 0 Å². The third-order valence-corrected chi connectivity index (χ3v) is 3.33. The molecule has 1 aliphatic heterocycles. The Balaban J connectivity index is 3.43. The van der Waals surface area contributed by atoms with Crippen LogP contribution in [-0.2, 0) is 4.43 Å². The summed E-state index contributed by atoms with van der Waals surface area (Å²) in [5, 5.41) is 0. The summed E-state index contributed by atoms with van der Waals surface area (Å²) in [6.45, 7) is 0. The average molecular weight is 282 g/mol. The van der Waals surface area contributed by atoms with Gasteiger partial charge in [-0.15, -0.1) is 0 Å². The summed E-state index contributed by atoms with van der Waals surface area (Å²) in [5.74, 6) is -13.6. The molecule has 0 unspecified atom stereocenters. The standard InChI is InChI=1S/C4F10OSi/c5-1(6)2(7,8)4(11,12)16(13,14)15-3(1,9)10. The first-order chi connectivity index (χ1) is 6.71. The molecule has 0 radical (unpaired) electrons. The molecule has 0 N–H and O–H groups in total. The highest BCUT2D eigenvalue weighted by atomic mass is 28.4. The van der Waals surface area contributed by atoms with Gasteiger partial charge in [0.15, 0.2) is 0 Å². The topological polar surface area (TPSA) is 9.23 Å². The Morgan fingerprint density at radius 3 is 1.44 bits per heavy atom. The van der Waals surface area contributed by atoms with E-state index >= 15 is 0 Å². The average Bonchev–Trinajstić information content (AvgIpc) is 1.98. The largest absolute Gasteiger partial charge is 0.662 e. The highest BCUT2D eigenvalue weighted by Gasteiger charge is 2.96. The van der Waals surface area contributed by atoms with Crippen LogP contribution in [0.5, 0.6) is 0 Å². The van der Waals surface area contributed by atoms with Crippen LogP contribution in [-0.4, -0.2) is 32.5 Å². The van der Waals surface area contributed by atoms with Crippen LogP contribution >= 0.6 is 0 Å². The Labute approximate surface area is 81.4 Å². The minimum Gasteiger partial charge on any atom is -0.299 e. The Morgan fingerprint density at radius 2 is 1.06 bits per heavy atom. The van der Waals surface area contributed by atoms with Crippen LogP contribution in [0.15, 0.2) is 0 Å². The molecule has 0 aromatic heterocycles. The van der Waals surface area contributed by atoms with E-state index in [1.54, 1.807) is 0 Å². The molecule has 0 saturated carbocycles. The van der Waals surface area contributed by atoms with Crippen molar-refractivity contribution < 1.29 is 47.8 Å². The second-order valence-electron chi connectivity index (χ2n) is 2.86. The van der Waals surface area contributed by atoms with Crippen molar-refractivity contribution in [2.24, 2.45) is 0 Å². The molecular weight excluding hydrogens is 282 g/mol. The molecule has 16 heavy (non-hydrogen) atoms. The zero-order chi connectivity index (χ0) is 13.2. The first kappa shape index (κ1) is 13.5. The van der Waals surface area contributed by atoms with Crippen molar-refractivity contribution in [1.29, 1.82) is 0 Å². The SMILES string of the molecule is FC1(F)O[Si](F)(F)C(F)(F)C(F)(F)C1(F)F. The van der Waals surface area contributed by atoms with Gasteiger partial charge in [-0.2, -0.15) is 35.1 Å². The maximum Gasteiger partial charge on any atom is 0.662 e. The van der Waals surface area contributed by atoms with Crippen LogP contribution in [0.4, 0.5) is 43.3 Å². The van der Waals surface area contributed by atoms with Crippen molar-refractivity contribution in [2.45, 2.75) is 23.5 Å². The fourth-order valence-electron chi connectivity index (χ4n) is 0.852. The van der Waals surface area contributed by atoms with Gasteiger partial charge in [0.05, 0.1) is 0 Å². The minimum atomic E-state index is -7.99. The monoisotopic (exact) mass is 282 g/mol. The van der Waals surface area contributed by atoms with Crippen LogP contribution in [0, 0.1) is 0 Å². The Bertz CT molecular complexity index is 282. The van der Waals surface area contributed by atoms with E-state index in [4.69, 9.17) is 0 Å². The molecule has 1 nitrogen and oxygen atoms in total. The third-order valence-electron chi connectivity index (χ3n) is 1.78. The molecule has 12 heteroatoms. The molecule has 96 valence electrons. The molecule has 1 fully saturated rings. The van der Waals surface area contributed by atoms with Crippen LogP contribution in [0.3, 0.4) is 0 Å². The van der Waals surface area contributed by atoms with Crippen molar-refractivity contribution in [3.63, 3.8) is 0 Å². The van der Waals surface area contributed by atoms with E-state index in [1.807, 2.05) is 4.43 Å². The van der Waals surface area contributed by atoms with Crippen molar-refractivity contribution in [1.82, 2.24) is 0 Å². The molecule has 1 rings (SSSR count). The molecule has 0 atom stereocenters. The van der Waals surface area contributed by atoms with Crippen molar-refractivity contribution in [2.75, 3.05) is 0 Å². The number of alkyl halides is 8. The third kappa shape index (κ3) is 1.22. The highest BCUT2D eigenvalue weighted by Crippen LogP contribution is 2.61. The van der Waals surface area contributed by atoms with Crippen molar-refractivity contribution in [3.8, 4) is 0 Å². The van der Waals surface area contributed by atoms with E-state index in [9.17, 15) is 43.3 Å². The summed E-state index contributed by atoms with van der Waals surface area (Å²) in [6, 6.07) is 0. The van der Waals surface area contributed by atoms with E-state index in [1.165, 1.54) is 0 Å². The van der Waals surface area contributed by atoms with Crippen LogP contribution in [0.25, 0.3) is 0 Å². The van der Waals surface area contributed by atoms with Gasteiger partial charge in [-0.3, -0.25) is 4.43 Å². The van der Waals surface area contributed by atoms with Gasteiger partial charge in [0.25, 0.3) is 0 Å². The maximum atomic E-state index is 12.2. The van der Waals surface area contributed by atoms with Crippen LogP contribution < -0.4 is 0 Å². The van der Waals surface area contributed by atoms with Gasteiger partial charge in [0.2, 0.25) is 0 Å². The fourth-order valence-corrected chi connectivity index (χ4v) is 1.95. The quantitative estimate of drug-likeness (QED) is 0.377. The lowest BCUT2D eigenvalue weighted by atomic mass is 10.1. The summed E-state index contributed by atoms with van der Waals surface area (Å²) in [6.07, 6.45) is -6.35. The first-order valence-corrected chi connectivity index (χ1v) is 4.96. The first-order valence-electron chi connectivity index (χ1n) is 3.30. The zero-order valence-corrected chi connectivity index (χ0v) is 7.69. The van der Waals surface area contributed by atoms with E-state index in [0.29, 0.717) is 0 Å². The van der Waals surface area contributed by atoms with Gasteiger partial charge < -0.3 is 0 Å². The maximum absolute atomic E-state index is 12.2. The number of halogens is 10. The predicted molar refractivity (Wildman–Crippen MR) is 28.8 cm³/mol. The van der Waals surface area contributed by atoms with Crippen LogP contribution in [0.1, 0.15) is 0 Å². The Morgan fingerprint density at radius 1 is 0.688 bits per heavy atom. The van der Waals surface area contributed by atoms with Gasteiger partial charge in [0.1, 0.15) is 0 Å². The molecular formula is C4F10OSi. The number of hydrogen-bond donors (Lipinski definition) is 0. The highest BCUT2D eigenvalue weighted by molar-refractivity contribution is 6.62. The molecule has 1 heterocycles. The molecule has 0 amide bonds. The lowest BCUT2D eigenvalue weighted by molar-refractivity contribution is -0.432. The lowest BCUT2D eigenvalue weighted by Gasteiger charge is -2.43. The predicted octanol–water partition coefficient (Wildman–Crippen LogP) is 2.93. The molecule has 0 aliphatic carbocycles. The van der Waals surface area contributed by atoms with E-state index in [2.05, 4.69) is 0 Å². The van der Waals surface area contributed by atoms with E-state index in [-0.39, 0.29) is 0 Å². The van der Waals surface area contributed by atoms with E-state index < -0.39 is 32.5 Å². The van der Waals surface area contributed by atoms with Gasteiger partial charge in [-0.1, -0.05) is 0 Å². The summed E-state index contributed by atoms with van der Waals surface area (Å²) in [4.78, 5) is 0. The molecule has 0 spiro atoms. The second-order valence-corrected chi connectivity index (χ2v) is 4.72. The summed E-state index contributed by atoms with van der Waals surface area (Å²) < 4.78 is 124. The second kappa shape index (κ2) is 2.83. The van der Waals surface area contributed by atoms with Crippen LogP contribution in [0.2, 0.25) is 0 Å². The Hall–Kier alpha value is -0.523. The normalized spacial score (nSPS) is 33.4. The number of rotatable bonds is 0. The molecule has 0 aromatic carbocycles. The zero-order valence-electron chi connectivity index (χ0n) is 6.69. The fraction of sp³-hybridized carbons (Fsp3) is 1.00. The molecule has 0 bridgehead atoms. The molecule has 1 saturated heterocycles. The number of hydrogen-bond acceptors (Lipinski definition) is 1.